The molecule has 4 aromatic rings. The summed E-state index contributed by atoms with van der Waals surface area (Å²) in [7, 11) is 0. The van der Waals surface area contributed by atoms with E-state index >= 15 is 0 Å². The molecule has 0 amide bonds. The zero-order chi connectivity index (χ0) is 27.3. The van der Waals surface area contributed by atoms with Crippen molar-refractivity contribution in [2.75, 3.05) is 0 Å². The first-order valence-electron chi connectivity index (χ1n) is 11.7. The number of hydrogen-bond acceptors (Lipinski definition) is 7. The lowest BCUT2D eigenvalue weighted by Crippen LogP contribution is -2.36. The van der Waals surface area contributed by atoms with Crippen molar-refractivity contribution in [2.24, 2.45) is 0 Å². The van der Waals surface area contributed by atoms with Crippen LogP contribution in [0.15, 0.2) is 109 Å². The van der Waals surface area contributed by atoms with Gasteiger partial charge in [0.25, 0.3) is 11.4 Å². The summed E-state index contributed by atoms with van der Waals surface area (Å²) in [5, 5.41) is 22.3. The highest BCUT2D eigenvalue weighted by molar-refractivity contribution is 5.64. The monoisotopic (exact) mass is 512 g/mol. The van der Waals surface area contributed by atoms with Crippen molar-refractivity contribution in [3.63, 3.8) is 0 Å². The topological polar surface area (TPSA) is 122 Å². The van der Waals surface area contributed by atoms with Gasteiger partial charge in [0.05, 0.1) is 9.85 Å². The molecule has 0 aliphatic heterocycles. The van der Waals surface area contributed by atoms with Crippen molar-refractivity contribution in [3.8, 4) is 0 Å². The molecule has 4 aromatic carbocycles. The minimum absolute atomic E-state index is 0.0958. The summed E-state index contributed by atoms with van der Waals surface area (Å²) in [5.41, 5.74) is -0.625. The second kappa shape index (κ2) is 10.5. The van der Waals surface area contributed by atoms with Gasteiger partial charge in [0, 0.05) is 35.4 Å². The van der Waals surface area contributed by atoms with Crippen LogP contribution in [0.25, 0.3) is 0 Å². The summed E-state index contributed by atoms with van der Waals surface area (Å²) in [5.74, 6) is 0. The van der Waals surface area contributed by atoms with E-state index in [9.17, 15) is 25.0 Å². The van der Waals surface area contributed by atoms with Crippen molar-refractivity contribution >= 4 is 17.5 Å². The third kappa shape index (κ3) is 5.22. The number of nitro benzene ring substituents is 2. The van der Waals surface area contributed by atoms with Crippen LogP contribution in [0.4, 0.5) is 16.2 Å². The molecule has 0 heterocycles. The van der Waals surface area contributed by atoms with Gasteiger partial charge in [-0.15, -0.1) is 0 Å². The summed E-state index contributed by atoms with van der Waals surface area (Å²) < 4.78 is 11.9. The third-order valence-corrected chi connectivity index (χ3v) is 6.48. The zero-order valence-corrected chi connectivity index (χ0v) is 20.6. The van der Waals surface area contributed by atoms with E-state index in [2.05, 4.69) is 0 Å². The molecular formula is C29H24N2O7. The van der Waals surface area contributed by atoms with Gasteiger partial charge >= 0.3 is 6.16 Å². The maximum absolute atomic E-state index is 13.5. The standard InChI is InChI=1S/C29H24N2O7/c1-28(21-9-5-3-6-10-21,23-13-17-25(18-14-23)30(33)34)37-27(32)38-29(2,22-11-7-4-8-12-22)24-15-19-26(20-16-24)31(35)36/h3-20H,1-2H3/t28-,29-/m0/s1. The van der Waals surface area contributed by atoms with Crippen LogP contribution < -0.4 is 0 Å². The van der Waals surface area contributed by atoms with E-state index in [4.69, 9.17) is 9.47 Å². The molecule has 0 saturated heterocycles. The normalized spacial score (nSPS) is 13.9. The third-order valence-electron chi connectivity index (χ3n) is 6.48. The highest BCUT2D eigenvalue weighted by atomic mass is 16.7. The van der Waals surface area contributed by atoms with Gasteiger partial charge in [-0.05, 0) is 49.2 Å². The zero-order valence-electron chi connectivity index (χ0n) is 20.6. The highest BCUT2D eigenvalue weighted by Gasteiger charge is 2.39. The van der Waals surface area contributed by atoms with E-state index in [0.717, 1.165) is 0 Å². The Kier molecular flexibility index (Phi) is 7.20. The van der Waals surface area contributed by atoms with E-state index < -0.39 is 27.2 Å². The number of hydrogen-bond donors (Lipinski definition) is 0. The number of ether oxygens (including phenoxy) is 2. The number of non-ortho nitro benzene ring substituents is 2. The van der Waals surface area contributed by atoms with E-state index in [1.807, 2.05) is 12.1 Å². The van der Waals surface area contributed by atoms with Crippen molar-refractivity contribution in [1.29, 1.82) is 0 Å². The summed E-state index contributed by atoms with van der Waals surface area (Å²) in [6.45, 7) is 3.35. The Morgan fingerprint density at radius 3 is 1.13 bits per heavy atom. The molecule has 9 nitrogen and oxygen atoms in total. The highest BCUT2D eigenvalue weighted by Crippen LogP contribution is 2.38. The van der Waals surface area contributed by atoms with Gasteiger partial charge in [0.1, 0.15) is 0 Å². The summed E-state index contributed by atoms with van der Waals surface area (Å²) >= 11 is 0. The second-order valence-corrected chi connectivity index (χ2v) is 8.86. The largest absolute Gasteiger partial charge is 0.510 e. The molecule has 2 atom stereocenters. The molecule has 0 fully saturated rings. The molecule has 0 saturated carbocycles. The molecule has 0 aliphatic rings. The fraction of sp³-hybridized carbons (Fsp3) is 0.138. The Balaban J connectivity index is 1.72. The number of carbonyl (C=O) groups excluding carboxylic acids is 1. The number of nitrogens with zero attached hydrogens (tertiary/aromatic N) is 2. The first kappa shape index (κ1) is 26.0. The molecule has 0 bridgehead atoms. The number of benzene rings is 4. The van der Waals surface area contributed by atoms with Gasteiger partial charge in [0.2, 0.25) is 0 Å². The second-order valence-electron chi connectivity index (χ2n) is 8.86. The Morgan fingerprint density at radius 2 is 0.842 bits per heavy atom. The lowest BCUT2D eigenvalue weighted by Gasteiger charge is -2.34. The molecular weight excluding hydrogens is 488 g/mol. The van der Waals surface area contributed by atoms with Gasteiger partial charge in [-0.2, -0.15) is 0 Å². The van der Waals surface area contributed by atoms with E-state index in [1.165, 1.54) is 48.5 Å². The van der Waals surface area contributed by atoms with Crippen molar-refractivity contribution in [3.05, 3.63) is 152 Å². The number of carbonyl (C=O) groups is 1. The van der Waals surface area contributed by atoms with Crippen LogP contribution in [0.5, 0.6) is 0 Å². The SMILES string of the molecule is C[C@](OC(=O)O[C@@](C)(c1ccccc1)c1ccc([N+](=O)[O-])cc1)(c1ccccc1)c1ccc([N+](=O)[O-])cc1. The summed E-state index contributed by atoms with van der Waals surface area (Å²) in [6, 6.07) is 29.4. The quantitative estimate of drug-likeness (QED) is 0.143. The van der Waals surface area contributed by atoms with E-state index in [0.29, 0.717) is 22.3 Å². The molecule has 38 heavy (non-hydrogen) atoms. The van der Waals surface area contributed by atoms with Gasteiger partial charge in [0.15, 0.2) is 11.2 Å². The van der Waals surface area contributed by atoms with Crippen LogP contribution in [0, 0.1) is 20.2 Å². The minimum Gasteiger partial charge on any atom is -0.418 e. The predicted octanol–water partition coefficient (Wildman–Crippen LogP) is 6.88. The maximum Gasteiger partial charge on any atom is 0.510 e. The molecule has 0 aromatic heterocycles. The maximum atomic E-state index is 13.5. The fourth-order valence-electron chi connectivity index (χ4n) is 4.24. The Bertz CT molecular complexity index is 1330. The van der Waals surface area contributed by atoms with Crippen LogP contribution >= 0.6 is 0 Å². The van der Waals surface area contributed by atoms with Crippen LogP contribution in [-0.2, 0) is 20.7 Å². The first-order valence-corrected chi connectivity index (χ1v) is 11.7. The van der Waals surface area contributed by atoms with Crippen LogP contribution in [0.1, 0.15) is 36.1 Å². The van der Waals surface area contributed by atoms with Crippen molar-refractivity contribution in [1.82, 2.24) is 0 Å². The fourth-order valence-corrected chi connectivity index (χ4v) is 4.24. The molecule has 0 spiro atoms. The molecule has 0 unspecified atom stereocenters. The van der Waals surface area contributed by atoms with E-state index in [-0.39, 0.29) is 11.4 Å². The first-order chi connectivity index (χ1) is 18.1. The molecule has 0 aliphatic carbocycles. The molecule has 0 N–H and O–H groups in total. The number of nitro groups is 2. The van der Waals surface area contributed by atoms with Crippen molar-refractivity contribution < 1.29 is 24.1 Å². The lowest BCUT2D eigenvalue weighted by atomic mass is 9.87. The summed E-state index contributed by atoms with van der Waals surface area (Å²) in [4.78, 5) is 34.8. The van der Waals surface area contributed by atoms with Crippen LogP contribution in [0.3, 0.4) is 0 Å². The summed E-state index contributed by atoms with van der Waals surface area (Å²) in [6.07, 6.45) is -1.00. The van der Waals surface area contributed by atoms with Gasteiger partial charge in [-0.25, -0.2) is 4.79 Å². The number of rotatable bonds is 8. The van der Waals surface area contributed by atoms with Crippen LogP contribution in [0.2, 0.25) is 0 Å². The Morgan fingerprint density at radius 1 is 0.553 bits per heavy atom. The van der Waals surface area contributed by atoms with Crippen LogP contribution in [-0.4, -0.2) is 16.0 Å². The van der Waals surface area contributed by atoms with Gasteiger partial charge in [-0.1, -0.05) is 60.7 Å². The Labute approximate surface area is 218 Å². The van der Waals surface area contributed by atoms with E-state index in [1.54, 1.807) is 62.4 Å². The minimum atomic E-state index is -1.35. The van der Waals surface area contributed by atoms with Crippen molar-refractivity contribution in [2.45, 2.75) is 25.0 Å². The van der Waals surface area contributed by atoms with Gasteiger partial charge < -0.3 is 9.47 Å². The molecule has 192 valence electrons. The predicted molar refractivity (Wildman–Crippen MR) is 140 cm³/mol. The lowest BCUT2D eigenvalue weighted by molar-refractivity contribution is -0.385. The average Bonchev–Trinajstić information content (AvgIpc) is 2.94. The smallest absolute Gasteiger partial charge is 0.418 e. The van der Waals surface area contributed by atoms with Gasteiger partial charge in [-0.3, -0.25) is 20.2 Å². The molecule has 4 rings (SSSR count). The molecule has 9 heteroatoms. The average molecular weight is 513 g/mol. The Hall–Kier alpha value is -5.05. The molecule has 0 radical (unpaired) electrons.